The zero-order valence-corrected chi connectivity index (χ0v) is 17.7. The Labute approximate surface area is 182 Å². The van der Waals surface area contributed by atoms with E-state index < -0.39 is 5.91 Å². The molecule has 6 heteroatoms. The highest BCUT2D eigenvalue weighted by atomic mass is 16.2. The van der Waals surface area contributed by atoms with Crippen molar-refractivity contribution < 1.29 is 9.59 Å². The van der Waals surface area contributed by atoms with Crippen LogP contribution >= 0.6 is 0 Å². The predicted octanol–water partition coefficient (Wildman–Crippen LogP) is 4.65. The number of carbonyl (C=O) groups is 2. The SMILES string of the molecule is CC(C)NC(=O)Nc1ccc(C2=C(C#N)c3ccc(C(N)=O)cc3C2C2CCC2)cc1. The van der Waals surface area contributed by atoms with E-state index in [2.05, 4.69) is 16.7 Å². The average molecular weight is 415 g/mol. The van der Waals surface area contributed by atoms with E-state index in [1.165, 1.54) is 6.42 Å². The number of benzene rings is 2. The number of hydrogen-bond acceptors (Lipinski definition) is 3. The maximum absolute atomic E-state index is 12.0. The molecule has 0 saturated heterocycles. The highest BCUT2D eigenvalue weighted by molar-refractivity contribution is 6.06. The maximum atomic E-state index is 12.0. The third-order valence-electron chi connectivity index (χ3n) is 6.13. The highest BCUT2D eigenvalue weighted by Crippen LogP contribution is 2.55. The number of anilines is 1. The minimum absolute atomic E-state index is 0.0492. The third-order valence-corrected chi connectivity index (χ3v) is 6.13. The second-order valence-corrected chi connectivity index (χ2v) is 8.57. The monoisotopic (exact) mass is 414 g/mol. The first-order chi connectivity index (χ1) is 14.9. The molecule has 2 aromatic carbocycles. The van der Waals surface area contributed by atoms with Gasteiger partial charge in [-0.15, -0.1) is 0 Å². The van der Waals surface area contributed by atoms with Crippen molar-refractivity contribution in [2.45, 2.75) is 45.1 Å². The second kappa shape index (κ2) is 8.27. The summed E-state index contributed by atoms with van der Waals surface area (Å²) in [4.78, 5) is 23.7. The summed E-state index contributed by atoms with van der Waals surface area (Å²) in [6.07, 6.45) is 3.37. The number of nitrogens with zero attached hydrogens (tertiary/aromatic N) is 1. The summed E-state index contributed by atoms with van der Waals surface area (Å²) >= 11 is 0. The Kier molecular flexibility index (Phi) is 5.51. The molecular weight excluding hydrogens is 388 g/mol. The lowest BCUT2D eigenvalue weighted by Crippen LogP contribution is -2.34. The van der Waals surface area contributed by atoms with Crippen molar-refractivity contribution in [3.8, 4) is 6.07 Å². The standard InChI is InChI=1S/C25H26N4O2/c1-14(2)28-25(31)29-18-9-6-16(7-10-18)23-21(13-26)19-11-8-17(24(27)30)12-20(19)22(23)15-4-3-5-15/h6-12,14-15,22H,3-5H2,1-2H3,(H2,27,30)(H2,28,29,31). The molecule has 2 aromatic rings. The molecule has 31 heavy (non-hydrogen) atoms. The van der Waals surface area contributed by atoms with Gasteiger partial charge in [-0.25, -0.2) is 4.79 Å². The van der Waals surface area contributed by atoms with Crippen molar-refractivity contribution in [2.75, 3.05) is 5.32 Å². The van der Waals surface area contributed by atoms with E-state index in [1.807, 2.05) is 50.2 Å². The van der Waals surface area contributed by atoms with Crippen molar-refractivity contribution in [3.05, 3.63) is 64.7 Å². The largest absolute Gasteiger partial charge is 0.366 e. The van der Waals surface area contributed by atoms with Gasteiger partial charge in [-0.2, -0.15) is 5.26 Å². The number of allylic oxidation sites excluding steroid dienone is 2. The van der Waals surface area contributed by atoms with E-state index in [9.17, 15) is 14.9 Å². The van der Waals surface area contributed by atoms with Crippen LogP contribution in [0.1, 0.15) is 66.1 Å². The molecular formula is C25H26N4O2. The van der Waals surface area contributed by atoms with Crippen molar-refractivity contribution in [2.24, 2.45) is 11.7 Å². The molecule has 6 nitrogen and oxygen atoms in total. The number of primary amides is 1. The number of rotatable bonds is 5. The van der Waals surface area contributed by atoms with Crippen LogP contribution in [0.2, 0.25) is 0 Å². The van der Waals surface area contributed by atoms with Crippen LogP contribution in [0, 0.1) is 17.2 Å². The summed E-state index contributed by atoms with van der Waals surface area (Å²) < 4.78 is 0. The lowest BCUT2D eigenvalue weighted by atomic mass is 9.70. The summed E-state index contributed by atoms with van der Waals surface area (Å²) in [5.74, 6) is 0.0512. The predicted molar refractivity (Wildman–Crippen MR) is 121 cm³/mol. The summed E-state index contributed by atoms with van der Waals surface area (Å²) in [5.41, 5.74) is 11.2. The average Bonchev–Trinajstić information content (AvgIpc) is 3.00. The van der Waals surface area contributed by atoms with Gasteiger partial charge in [-0.3, -0.25) is 4.79 Å². The minimum atomic E-state index is -0.461. The van der Waals surface area contributed by atoms with Crippen molar-refractivity contribution in [1.29, 1.82) is 5.26 Å². The second-order valence-electron chi connectivity index (χ2n) is 8.57. The zero-order valence-electron chi connectivity index (χ0n) is 17.7. The molecule has 2 aliphatic carbocycles. The Balaban J connectivity index is 1.71. The fourth-order valence-electron chi connectivity index (χ4n) is 4.53. The van der Waals surface area contributed by atoms with Crippen LogP contribution in [-0.2, 0) is 0 Å². The fourth-order valence-corrected chi connectivity index (χ4v) is 4.53. The molecule has 0 heterocycles. The van der Waals surface area contributed by atoms with Gasteiger partial charge in [0.1, 0.15) is 6.07 Å². The Morgan fingerprint density at radius 1 is 1.13 bits per heavy atom. The first-order valence-electron chi connectivity index (χ1n) is 10.7. The van der Waals surface area contributed by atoms with E-state index in [0.29, 0.717) is 22.7 Å². The molecule has 1 unspecified atom stereocenters. The van der Waals surface area contributed by atoms with Gasteiger partial charge in [0.25, 0.3) is 0 Å². The molecule has 0 aliphatic heterocycles. The maximum Gasteiger partial charge on any atom is 0.319 e. The Bertz CT molecular complexity index is 1110. The van der Waals surface area contributed by atoms with Crippen molar-refractivity contribution >= 4 is 28.8 Å². The molecule has 4 N–H and O–H groups in total. The van der Waals surface area contributed by atoms with Gasteiger partial charge in [0.15, 0.2) is 0 Å². The van der Waals surface area contributed by atoms with Crippen molar-refractivity contribution in [3.63, 3.8) is 0 Å². The molecule has 3 amide bonds. The van der Waals surface area contributed by atoms with Gasteiger partial charge >= 0.3 is 6.03 Å². The molecule has 1 atom stereocenters. The first kappa shape index (κ1) is 20.7. The minimum Gasteiger partial charge on any atom is -0.366 e. The molecule has 0 aromatic heterocycles. The van der Waals surface area contributed by atoms with Crippen LogP contribution < -0.4 is 16.4 Å². The van der Waals surface area contributed by atoms with Gasteiger partial charge in [0.2, 0.25) is 5.91 Å². The van der Waals surface area contributed by atoms with Crippen molar-refractivity contribution in [1.82, 2.24) is 5.32 Å². The third kappa shape index (κ3) is 3.91. The number of hydrogen-bond donors (Lipinski definition) is 3. The Hall–Kier alpha value is -3.59. The number of nitrogens with one attached hydrogen (secondary N) is 2. The van der Waals surface area contributed by atoms with Crippen LogP contribution in [0.3, 0.4) is 0 Å². The van der Waals surface area contributed by atoms with Crippen LogP contribution in [0.4, 0.5) is 10.5 Å². The summed E-state index contributed by atoms with van der Waals surface area (Å²) in [6.45, 7) is 3.81. The molecule has 4 rings (SSSR count). The van der Waals surface area contributed by atoms with Crippen LogP contribution in [0.25, 0.3) is 11.1 Å². The van der Waals surface area contributed by atoms with Crippen LogP contribution in [0.5, 0.6) is 0 Å². The van der Waals surface area contributed by atoms with E-state index in [4.69, 9.17) is 5.73 Å². The number of nitriles is 1. The fraction of sp³-hybridized carbons (Fsp3) is 0.320. The van der Waals surface area contributed by atoms with E-state index in [1.54, 1.807) is 6.07 Å². The van der Waals surface area contributed by atoms with E-state index in [-0.39, 0.29) is 18.0 Å². The summed E-state index contributed by atoms with van der Waals surface area (Å²) in [7, 11) is 0. The number of nitrogens with two attached hydrogens (primary N) is 1. The van der Waals surface area contributed by atoms with E-state index >= 15 is 0 Å². The number of urea groups is 1. The first-order valence-corrected chi connectivity index (χ1v) is 10.7. The van der Waals surface area contributed by atoms with E-state index in [0.717, 1.165) is 35.1 Å². The van der Waals surface area contributed by atoms with Gasteiger partial charge in [-0.1, -0.05) is 24.6 Å². The molecule has 2 aliphatic rings. The number of fused-ring (bicyclic) bond motifs is 1. The lowest BCUT2D eigenvalue weighted by molar-refractivity contribution is 0.1000. The summed E-state index contributed by atoms with van der Waals surface area (Å²) in [6, 6.07) is 15.2. The molecule has 0 spiro atoms. The molecule has 0 bridgehead atoms. The zero-order chi connectivity index (χ0) is 22.1. The number of amides is 3. The topological polar surface area (TPSA) is 108 Å². The highest BCUT2D eigenvalue weighted by Gasteiger charge is 2.39. The summed E-state index contributed by atoms with van der Waals surface area (Å²) in [5, 5.41) is 15.6. The van der Waals surface area contributed by atoms with Gasteiger partial charge in [0, 0.05) is 23.2 Å². The smallest absolute Gasteiger partial charge is 0.319 e. The van der Waals surface area contributed by atoms with Gasteiger partial charge < -0.3 is 16.4 Å². The lowest BCUT2D eigenvalue weighted by Gasteiger charge is -2.34. The molecule has 1 saturated carbocycles. The van der Waals surface area contributed by atoms with Crippen LogP contribution in [-0.4, -0.2) is 18.0 Å². The number of carbonyl (C=O) groups excluding carboxylic acids is 2. The normalized spacial score (nSPS) is 17.7. The molecule has 158 valence electrons. The van der Waals surface area contributed by atoms with Gasteiger partial charge in [-0.05, 0) is 79.1 Å². The molecule has 1 fully saturated rings. The Morgan fingerprint density at radius 3 is 2.39 bits per heavy atom. The Morgan fingerprint density at radius 2 is 1.84 bits per heavy atom. The quantitative estimate of drug-likeness (QED) is 0.663. The molecule has 0 radical (unpaired) electrons. The van der Waals surface area contributed by atoms with Crippen LogP contribution in [0.15, 0.2) is 42.5 Å². The van der Waals surface area contributed by atoms with Gasteiger partial charge in [0.05, 0.1) is 5.57 Å².